The van der Waals surface area contributed by atoms with Crippen molar-refractivity contribution in [1.82, 2.24) is 9.21 Å². The van der Waals surface area contributed by atoms with Crippen LogP contribution in [0.2, 0.25) is 0 Å². The lowest BCUT2D eigenvalue weighted by Crippen LogP contribution is -2.52. The number of carbonyl (C=O) groups excluding carboxylic acids is 1. The molecule has 1 amide bonds. The molecule has 1 aliphatic heterocycles. The molecule has 7 heteroatoms. The van der Waals surface area contributed by atoms with Crippen LogP contribution < -0.4 is 0 Å². The van der Waals surface area contributed by atoms with Gasteiger partial charge in [-0.15, -0.1) is 0 Å². The van der Waals surface area contributed by atoms with Gasteiger partial charge in [-0.05, 0) is 6.92 Å². The summed E-state index contributed by atoms with van der Waals surface area (Å²) in [5.41, 5.74) is 0. The molecule has 1 unspecified atom stereocenters. The Kier molecular flexibility index (Phi) is 4.28. The van der Waals surface area contributed by atoms with Crippen molar-refractivity contribution in [3.05, 3.63) is 0 Å². The van der Waals surface area contributed by atoms with E-state index in [9.17, 15) is 13.2 Å². The Bertz CT molecular complexity index is 347. The fraction of sp³-hybridized carbons (Fsp3) is 0.889. The predicted molar refractivity (Wildman–Crippen MR) is 59.5 cm³/mol. The van der Waals surface area contributed by atoms with Crippen LogP contribution in [0.4, 0.5) is 0 Å². The number of hydrogen-bond acceptors (Lipinski definition) is 4. The number of methoxy groups -OCH3 is 1. The Balaban J connectivity index is 2.53. The van der Waals surface area contributed by atoms with Gasteiger partial charge in [0.15, 0.2) is 0 Å². The molecule has 0 aromatic heterocycles. The maximum Gasteiger partial charge on any atom is 0.251 e. The average Bonchev–Trinajstić information content (AvgIpc) is 2.26. The molecule has 0 aromatic carbocycles. The van der Waals surface area contributed by atoms with E-state index in [4.69, 9.17) is 4.74 Å². The van der Waals surface area contributed by atoms with Gasteiger partial charge in [0.2, 0.25) is 10.0 Å². The van der Waals surface area contributed by atoms with Crippen LogP contribution in [-0.2, 0) is 19.6 Å². The van der Waals surface area contributed by atoms with Gasteiger partial charge in [0, 0.05) is 33.3 Å². The zero-order valence-corrected chi connectivity index (χ0v) is 10.7. The van der Waals surface area contributed by atoms with E-state index in [0.717, 1.165) is 0 Å². The lowest BCUT2D eigenvalue weighted by atomic mass is 10.3. The number of amides is 1. The number of hydrogen-bond donors (Lipinski definition) is 0. The number of piperazine rings is 1. The summed E-state index contributed by atoms with van der Waals surface area (Å²) >= 11 is 0. The Morgan fingerprint density at radius 2 is 1.75 bits per heavy atom. The second-order valence-electron chi connectivity index (χ2n) is 3.87. The van der Waals surface area contributed by atoms with Gasteiger partial charge in [0.1, 0.15) is 6.10 Å². The molecular weight excluding hydrogens is 232 g/mol. The first-order valence-electron chi connectivity index (χ1n) is 5.13. The molecule has 0 bridgehead atoms. The minimum atomic E-state index is -3.14. The molecule has 0 N–H and O–H groups in total. The maximum atomic E-state index is 11.7. The Morgan fingerprint density at radius 3 is 2.12 bits per heavy atom. The summed E-state index contributed by atoms with van der Waals surface area (Å²) in [7, 11) is -1.66. The Labute approximate surface area is 96.2 Å². The molecule has 0 aliphatic carbocycles. The highest BCUT2D eigenvalue weighted by atomic mass is 32.2. The SMILES string of the molecule is COC(C)C(=O)N1CCN(S(C)(=O)=O)CC1. The van der Waals surface area contributed by atoms with Crippen LogP contribution in [0.25, 0.3) is 0 Å². The van der Waals surface area contributed by atoms with Crippen LogP contribution in [0, 0.1) is 0 Å². The van der Waals surface area contributed by atoms with E-state index >= 15 is 0 Å². The van der Waals surface area contributed by atoms with Crippen molar-refractivity contribution < 1.29 is 17.9 Å². The molecule has 1 rings (SSSR count). The van der Waals surface area contributed by atoms with Crippen LogP contribution >= 0.6 is 0 Å². The summed E-state index contributed by atoms with van der Waals surface area (Å²) < 4.78 is 28.8. The van der Waals surface area contributed by atoms with Crippen LogP contribution in [0.3, 0.4) is 0 Å². The van der Waals surface area contributed by atoms with Crippen molar-refractivity contribution in [3.63, 3.8) is 0 Å². The molecule has 0 radical (unpaired) electrons. The van der Waals surface area contributed by atoms with Crippen LogP contribution in [0.1, 0.15) is 6.92 Å². The van der Waals surface area contributed by atoms with Gasteiger partial charge < -0.3 is 9.64 Å². The normalized spacial score (nSPS) is 20.8. The fourth-order valence-electron chi connectivity index (χ4n) is 1.60. The van der Waals surface area contributed by atoms with Gasteiger partial charge in [-0.1, -0.05) is 0 Å². The van der Waals surface area contributed by atoms with Crippen molar-refractivity contribution in [2.75, 3.05) is 39.5 Å². The smallest absolute Gasteiger partial charge is 0.251 e. The minimum absolute atomic E-state index is 0.0874. The van der Waals surface area contributed by atoms with Crippen LogP contribution in [0.5, 0.6) is 0 Å². The van der Waals surface area contributed by atoms with E-state index in [0.29, 0.717) is 26.2 Å². The van der Waals surface area contributed by atoms with E-state index in [1.165, 1.54) is 17.7 Å². The fourth-order valence-corrected chi connectivity index (χ4v) is 2.42. The lowest BCUT2D eigenvalue weighted by molar-refractivity contribution is -0.142. The molecule has 1 fully saturated rings. The quantitative estimate of drug-likeness (QED) is 0.653. The van der Waals surface area contributed by atoms with Crippen molar-refractivity contribution in [2.45, 2.75) is 13.0 Å². The number of sulfonamides is 1. The molecule has 1 saturated heterocycles. The topological polar surface area (TPSA) is 66.9 Å². The highest BCUT2D eigenvalue weighted by Crippen LogP contribution is 2.08. The number of ether oxygens (including phenoxy) is 1. The number of nitrogens with zero attached hydrogens (tertiary/aromatic N) is 2. The Hall–Kier alpha value is -0.660. The lowest BCUT2D eigenvalue weighted by Gasteiger charge is -2.34. The van der Waals surface area contributed by atoms with E-state index in [2.05, 4.69) is 0 Å². The van der Waals surface area contributed by atoms with Crippen molar-refractivity contribution >= 4 is 15.9 Å². The molecular formula is C9H18N2O4S. The summed E-state index contributed by atoms with van der Waals surface area (Å²) in [5.74, 6) is -0.0874. The van der Waals surface area contributed by atoms with E-state index in [-0.39, 0.29) is 5.91 Å². The number of carbonyl (C=O) groups is 1. The molecule has 0 saturated carbocycles. The van der Waals surface area contributed by atoms with Crippen LogP contribution in [0.15, 0.2) is 0 Å². The second kappa shape index (κ2) is 5.11. The van der Waals surface area contributed by atoms with E-state index in [1.54, 1.807) is 11.8 Å². The molecule has 94 valence electrons. The summed E-state index contributed by atoms with van der Waals surface area (Å²) in [6, 6.07) is 0. The van der Waals surface area contributed by atoms with E-state index < -0.39 is 16.1 Å². The zero-order valence-electron chi connectivity index (χ0n) is 9.84. The summed E-state index contributed by atoms with van der Waals surface area (Å²) in [6.45, 7) is 3.27. The Morgan fingerprint density at radius 1 is 1.25 bits per heavy atom. The second-order valence-corrected chi connectivity index (χ2v) is 5.85. The zero-order chi connectivity index (χ0) is 12.3. The summed E-state index contributed by atoms with van der Waals surface area (Å²) in [4.78, 5) is 13.4. The van der Waals surface area contributed by atoms with Gasteiger partial charge in [0.25, 0.3) is 5.91 Å². The first-order chi connectivity index (χ1) is 7.36. The number of rotatable bonds is 3. The van der Waals surface area contributed by atoms with Gasteiger partial charge in [0.05, 0.1) is 6.26 Å². The third kappa shape index (κ3) is 3.16. The van der Waals surface area contributed by atoms with Gasteiger partial charge in [-0.2, -0.15) is 4.31 Å². The molecule has 16 heavy (non-hydrogen) atoms. The van der Waals surface area contributed by atoms with Crippen molar-refractivity contribution in [1.29, 1.82) is 0 Å². The van der Waals surface area contributed by atoms with Crippen molar-refractivity contribution in [2.24, 2.45) is 0 Å². The van der Waals surface area contributed by atoms with Crippen molar-refractivity contribution in [3.8, 4) is 0 Å². The molecule has 1 heterocycles. The molecule has 0 spiro atoms. The largest absolute Gasteiger partial charge is 0.372 e. The standard InChI is InChI=1S/C9H18N2O4S/c1-8(15-2)9(12)10-4-6-11(7-5-10)16(3,13)14/h8H,4-7H2,1-3H3. The minimum Gasteiger partial charge on any atom is -0.372 e. The molecule has 1 atom stereocenters. The third-order valence-electron chi connectivity index (χ3n) is 2.72. The first kappa shape index (κ1) is 13.4. The van der Waals surface area contributed by atoms with Gasteiger partial charge in [-0.3, -0.25) is 4.79 Å². The highest BCUT2D eigenvalue weighted by Gasteiger charge is 2.28. The molecule has 6 nitrogen and oxygen atoms in total. The van der Waals surface area contributed by atoms with Crippen LogP contribution in [-0.4, -0.2) is 69.2 Å². The van der Waals surface area contributed by atoms with Gasteiger partial charge in [-0.25, -0.2) is 8.42 Å². The summed E-state index contributed by atoms with van der Waals surface area (Å²) in [5, 5.41) is 0. The summed E-state index contributed by atoms with van der Waals surface area (Å²) in [6.07, 6.45) is 0.715. The molecule has 0 aromatic rings. The molecule has 1 aliphatic rings. The predicted octanol–water partition coefficient (Wildman–Crippen LogP) is -0.875. The first-order valence-corrected chi connectivity index (χ1v) is 6.98. The highest BCUT2D eigenvalue weighted by molar-refractivity contribution is 7.88. The average molecular weight is 250 g/mol. The van der Waals surface area contributed by atoms with Gasteiger partial charge >= 0.3 is 0 Å². The monoisotopic (exact) mass is 250 g/mol. The maximum absolute atomic E-state index is 11.7. The third-order valence-corrected chi connectivity index (χ3v) is 4.02. The van der Waals surface area contributed by atoms with E-state index in [1.807, 2.05) is 0 Å².